The lowest BCUT2D eigenvalue weighted by molar-refractivity contribution is 0.368. The van der Waals surface area contributed by atoms with Gasteiger partial charge >= 0.3 is 0 Å². The molecule has 0 aromatic carbocycles. The molecule has 0 saturated carbocycles. The van der Waals surface area contributed by atoms with Crippen molar-refractivity contribution in [2.45, 2.75) is 12.8 Å². The van der Waals surface area contributed by atoms with Crippen molar-refractivity contribution in [3.8, 4) is 0 Å². The molecule has 1 fully saturated rings. The van der Waals surface area contributed by atoms with E-state index in [-0.39, 0.29) is 24.8 Å². The fraction of sp³-hybridized carbons (Fsp3) is 1.00. The van der Waals surface area contributed by atoms with Crippen LogP contribution in [0.4, 0.5) is 0 Å². The van der Waals surface area contributed by atoms with E-state index in [1.54, 1.807) is 0 Å². The Labute approximate surface area is 81.3 Å². The molecule has 4 heteroatoms. The average molecular weight is 201 g/mol. The topological polar surface area (TPSA) is 24.1 Å². The van der Waals surface area contributed by atoms with Gasteiger partial charge in [-0.25, -0.2) is 0 Å². The van der Waals surface area contributed by atoms with Crippen molar-refractivity contribution in [3.05, 3.63) is 0 Å². The van der Waals surface area contributed by atoms with Gasteiger partial charge < -0.3 is 10.6 Å². The van der Waals surface area contributed by atoms with E-state index in [0.29, 0.717) is 0 Å². The summed E-state index contributed by atoms with van der Waals surface area (Å²) < 4.78 is 0. The molecule has 2 N–H and O–H groups in total. The number of rotatable bonds is 2. The van der Waals surface area contributed by atoms with Crippen molar-refractivity contribution in [2.24, 2.45) is 5.92 Å². The second kappa shape index (κ2) is 8.60. The first-order valence-corrected chi connectivity index (χ1v) is 3.79. The van der Waals surface area contributed by atoms with Crippen LogP contribution in [-0.4, -0.2) is 26.7 Å². The van der Waals surface area contributed by atoms with E-state index in [0.717, 1.165) is 5.92 Å². The van der Waals surface area contributed by atoms with E-state index in [9.17, 15) is 0 Å². The third-order valence-electron chi connectivity index (χ3n) is 1.89. The minimum atomic E-state index is 0. The molecule has 0 aromatic heterocycles. The molecule has 0 amide bonds. The first-order chi connectivity index (χ1) is 4.43. The zero-order valence-corrected chi connectivity index (χ0v) is 8.56. The van der Waals surface area contributed by atoms with Crippen LogP contribution in [0.1, 0.15) is 12.8 Å². The van der Waals surface area contributed by atoms with Crippen molar-refractivity contribution in [1.82, 2.24) is 10.6 Å². The van der Waals surface area contributed by atoms with E-state index in [1.807, 2.05) is 7.05 Å². The molecule has 1 aliphatic heterocycles. The zero-order valence-electron chi connectivity index (χ0n) is 6.93. The lowest BCUT2D eigenvalue weighted by Crippen LogP contribution is -2.34. The van der Waals surface area contributed by atoms with Crippen LogP contribution >= 0.6 is 24.8 Å². The van der Waals surface area contributed by atoms with Crippen molar-refractivity contribution < 1.29 is 0 Å². The number of nitrogens with one attached hydrogen (secondary N) is 2. The Kier molecular flexibility index (Phi) is 11.0. The summed E-state index contributed by atoms with van der Waals surface area (Å²) in [5, 5.41) is 6.58. The van der Waals surface area contributed by atoms with Gasteiger partial charge in [0.2, 0.25) is 0 Å². The zero-order chi connectivity index (χ0) is 6.53. The summed E-state index contributed by atoms with van der Waals surface area (Å²) >= 11 is 0. The van der Waals surface area contributed by atoms with Gasteiger partial charge in [0.15, 0.2) is 0 Å². The van der Waals surface area contributed by atoms with Gasteiger partial charge in [0.1, 0.15) is 0 Å². The van der Waals surface area contributed by atoms with E-state index < -0.39 is 0 Å². The predicted molar refractivity (Wildman–Crippen MR) is 54.0 cm³/mol. The van der Waals surface area contributed by atoms with Crippen LogP contribution < -0.4 is 10.6 Å². The van der Waals surface area contributed by atoms with E-state index in [4.69, 9.17) is 0 Å². The second-order valence-corrected chi connectivity index (χ2v) is 2.77. The highest BCUT2D eigenvalue weighted by Crippen LogP contribution is 2.07. The first kappa shape index (κ1) is 14.0. The summed E-state index contributed by atoms with van der Waals surface area (Å²) in [6.45, 7) is 3.61. The summed E-state index contributed by atoms with van der Waals surface area (Å²) in [5.41, 5.74) is 0. The van der Waals surface area contributed by atoms with E-state index in [1.165, 1.54) is 32.5 Å². The smallest absolute Gasteiger partial charge is 0.000837 e. The molecule has 11 heavy (non-hydrogen) atoms. The SMILES string of the molecule is CNC[C@H]1CCCNC1.Cl.Cl. The monoisotopic (exact) mass is 200 g/mol. The Bertz CT molecular complexity index is 72.1. The van der Waals surface area contributed by atoms with Crippen LogP contribution in [0.15, 0.2) is 0 Å². The lowest BCUT2D eigenvalue weighted by atomic mass is 10.00. The molecule has 0 bridgehead atoms. The van der Waals surface area contributed by atoms with Crippen molar-refractivity contribution in [3.63, 3.8) is 0 Å². The van der Waals surface area contributed by atoms with Crippen LogP contribution in [0.2, 0.25) is 0 Å². The molecule has 0 aliphatic carbocycles. The molecular weight excluding hydrogens is 183 g/mol. The molecule has 0 spiro atoms. The third-order valence-corrected chi connectivity index (χ3v) is 1.89. The van der Waals surface area contributed by atoms with Gasteiger partial charge in [-0.15, -0.1) is 24.8 Å². The second-order valence-electron chi connectivity index (χ2n) is 2.77. The van der Waals surface area contributed by atoms with Gasteiger partial charge in [0.05, 0.1) is 0 Å². The highest BCUT2D eigenvalue weighted by atomic mass is 35.5. The summed E-state index contributed by atoms with van der Waals surface area (Å²) in [7, 11) is 2.02. The molecule has 1 atom stereocenters. The minimum Gasteiger partial charge on any atom is -0.319 e. The molecule has 1 saturated heterocycles. The van der Waals surface area contributed by atoms with E-state index in [2.05, 4.69) is 10.6 Å². The van der Waals surface area contributed by atoms with Crippen molar-refractivity contribution in [2.75, 3.05) is 26.7 Å². The largest absolute Gasteiger partial charge is 0.319 e. The Balaban J connectivity index is 0. The fourth-order valence-corrected chi connectivity index (χ4v) is 1.39. The molecule has 0 radical (unpaired) electrons. The number of piperidine rings is 1. The molecule has 1 heterocycles. The lowest BCUT2D eigenvalue weighted by Gasteiger charge is -2.21. The predicted octanol–water partition coefficient (Wildman–Crippen LogP) is 1.05. The number of hydrogen-bond acceptors (Lipinski definition) is 2. The number of hydrogen-bond donors (Lipinski definition) is 2. The van der Waals surface area contributed by atoms with Gasteiger partial charge in [0.25, 0.3) is 0 Å². The highest BCUT2D eigenvalue weighted by molar-refractivity contribution is 5.85. The molecule has 1 aliphatic rings. The number of halogens is 2. The minimum absolute atomic E-state index is 0. The first-order valence-electron chi connectivity index (χ1n) is 3.79. The molecular formula is C7H18Cl2N2. The van der Waals surface area contributed by atoms with Crippen LogP contribution in [0.25, 0.3) is 0 Å². The molecule has 1 rings (SSSR count). The Morgan fingerprint density at radius 2 is 2.18 bits per heavy atom. The third kappa shape index (κ3) is 5.74. The fourth-order valence-electron chi connectivity index (χ4n) is 1.39. The maximum Gasteiger partial charge on any atom is -0.000837 e. The van der Waals surface area contributed by atoms with Crippen molar-refractivity contribution >= 4 is 24.8 Å². The molecule has 0 unspecified atom stereocenters. The van der Waals surface area contributed by atoms with Crippen LogP contribution in [-0.2, 0) is 0 Å². The Morgan fingerprint density at radius 1 is 1.45 bits per heavy atom. The maximum absolute atomic E-state index is 3.38. The van der Waals surface area contributed by atoms with Gasteiger partial charge in [0, 0.05) is 0 Å². The molecule has 2 nitrogen and oxygen atoms in total. The van der Waals surface area contributed by atoms with Gasteiger partial charge in [-0.1, -0.05) is 0 Å². The molecule has 0 aromatic rings. The average Bonchev–Trinajstić information content (AvgIpc) is 1.91. The quantitative estimate of drug-likeness (QED) is 0.697. The van der Waals surface area contributed by atoms with Gasteiger partial charge in [-0.3, -0.25) is 0 Å². The Hall–Kier alpha value is 0.500. The summed E-state index contributed by atoms with van der Waals surface area (Å²) in [5.74, 6) is 0.878. The van der Waals surface area contributed by atoms with Crippen molar-refractivity contribution in [1.29, 1.82) is 0 Å². The summed E-state index contributed by atoms with van der Waals surface area (Å²) in [6, 6.07) is 0. The maximum atomic E-state index is 3.38. The Morgan fingerprint density at radius 3 is 2.64 bits per heavy atom. The van der Waals surface area contributed by atoms with Crippen LogP contribution in [0.3, 0.4) is 0 Å². The highest BCUT2D eigenvalue weighted by Gasteiger charge is 2.10. The normalized spacial score (nSPS) is 23.2. The van der Waals surface area contributed by atoms with Crippen LogP contribution in [0, 0.1) is 5.92 Å². The summed E-state index contributed by atoms with van der Waals surface area (Å²) in [6.07, 6.45) is 2.75. The van der Waals surface area contributed by atoms with Gasteiger partial charge in [-0.2, -0.15) is 0 Å². The van der Waals surface area contributed by atoms with E-state index >= 15 is 0 Å². The van der Waals surface area contributed by atoms with Crippen LogP contribution in [0.5, 0.6) is 0 Å². The summed E-state index contributed by atoms with van der Waals surface area (Å²) in [4.78, 5) is 0. The standard InChI is InChI=1S/C7H16N2.2ClH/c1-8-5-7-3-2-4-9-6-7;;/h7-9H,2-6H2,1H3;2*1H/t7-;;/m1../s1. The molecule has 70 valence electrons. The van der Waals surface area contributed by atoms with Gasteiger partial charge in [-0.05, 0) is 45.4 Å².